The van der Waals surface area contributed by atoms with E-state index < -0.39 is 5.60 Å². The van der Waals surface area contributed by atoms with Crippen LogP contribution >= 0.6 is 0 Å². The molecule has 0 heterocycles. The fourth-order valence-electron chi connectivity index (χ4n) is 2.46. The van der Waals surface area contributed by atoms with Crippen LogP contribution < -0.4 is 0 Å². The fourth-order valence-corrected chi connectivity index (χ4v) is 2.46. The van der Waals surface area contributed by atoms with E-state index in [1.165, 1.54) is 18.2 Å². The van der Waals surface area contributed by atoms with E-state index in [9.17, 15) is 14.7 Å². The highest BCUT2D eigenvalue weighted by Crippen LogP contribution is 2.34. The molecule has 0 spiro atoms. The Kier molecular flexibility index (Phi) is 3.06. The van der Waals surface area contributed by atoms with Gasteiger partial charge in [0.1, 0.15) is 0 Å². The molecule has 0 radical (unpaired) electrons. The fraction of sp³-hybridized carbons (Fsp3) is 0.538. The summed E-state index contributed by atoms with van der Waals surface area (Å²) >= 11 is 0. The highest BCUT2D eigenvalue weighted by molar-refractivity contribution is 6.18. The molecular formula is C13H16O3. The van der Waals surface area contributed by atoms with Crippen LogP contribution in [0, 0.1) is 0 Å². The van der Waals surface area contributed by atoms with Gasteiger partial charge in [0.2, 0.25) is 0 Å². The largest absolute Gasteiger partial charge is 0.385 e. The van der Waals surface area contributed by atoms with Crippen molar-refractivity contribution in [3.05, 3.63) is 23.8 Å². The molecule has 3 nitrogen and oxygen atoms in total. The minimum atomic E-state index is -1.08. The van der Waals surface area contributed by atoms with E-state index in [1.807, 2.05) is 0 Å². The molecule has 0 aliphatic heterocycles. The molecule has 0 aromatic rings. The third-order valence-corrected chi connectivity index (χ3v) is 3.38. The summed E-state index contributed by atoms with van der Waals surface area (Å²) in [6.07, 6.45) is 9.01. The number of aliphatic hydroxyl groups is 1. The van der Waals surface area contributed by atoms with E-state index in [0.717, 1.165) is 25.7 Å². The molecule has 0 amide bonds. The summed E-state index contributed by atoms with van der Waals surface area (Å²) in [5.74, 6) is -0.420. The maximum atomic E-state index is 11.7. The zero-order valence-corrected chi connectivity index (χ0v) is 9.24. The second kappa shape index (κ2) is 4.34. The van der Waals surface area contributed by atoms with Crippen LogP contribution in [0.1, 0.15) is 38.5 Å². The molecule has 86 valence electrons. The van der Waals surface area contributed by atoms with Crippen molar-refractivity contribution in [2.24, 2.45) is 0 Å². The van der Waals surface area contributed by atoms with E-state index in [-0.39, 0.29) is 11.6 Å². The van der Waals surface area contributed by atoms with Gasteiger partial charge in [-0.2, -0.15) is 0 Å². The van der Waals surface area contributed by atoms with Crippen molar-refractivity contribution < 1.29 is 14.7 Å². The third-order valence-electron chi connectivity index (χ3n) is 3.38. The van der Waals surface area contributed by atoms with E-state index in [1.54, 1.807) is 0 Å². The third kappa shape index (κ3) is 2.14. The molecule has 1 fully saturated rings. The van der Waals surface area contributed by atoms with Gasteiger partial charge in [-0.3, -0.25) is 9.59 Å². The first-order chi connectivity index (χ1) is 7.62. The van der Waals surface area contributed by atoms with Crippen molar-refractivity contribution in [1.29, 1.82) is 0 Å². The smallest absolute Gasteiger partial charge is 0.184 e. The maximum absolute atomic E-state index is 11.7. The molecule has 0 bridgehead atoms. The van der Waals surface area contributed by atoms with Crippen LogP contribution in [0.5, 0.6) is 0 Å². The Hall–Kier alpha value is -1.22. The Balaban J connectivity index is 2.27. The predicted molar refractivity (Wildman–Crippen MR) is 59.9 cm³/mol. The summed E-state index contributed by atoms with van der Waals surface area (Å²) in [7, 11) is 0. The van der Waals surface area contributed by atoms with Crippen LogP contribution in [0.15, 0.2) is 23.8 Å². The zero-order chi connectivity index (χ0) is 11.6. The number of ketones is 2. The molecule has 0 atom stereocenters. The second-order valence-electron chi connectivity index (χ2n) is 4.60. The minimum Gasteiger partial charge on any atom is -0.385 e. The molecule has 0 aromatic heterocycles. The lowest BCUT2D eigenvalue weighted by Gasteiger charge is -2.29. The molecule has 0 aromatic carbocycles. The van der Waals surface area contributed by atoms with Crippen LogP contribution in [0.3, 0.4) is 0 Å². The summed E-state index contributed by atoms with van der Waals surface area (Å²) in [4.78, 5) is 23.0. The molecule has 2 aliphatic rings. The monoisotopic (exact) mass is 220 g/mol. The van der Waals surface area contributed by atoms with Crippen molar-refractivity contribution in [1.82, 2.24) is 0 Å². The summed E-state index contributed by atoms with van der Waals surface area (Å²) in [5, 5.41) is 10.5. The molecule has 16 heavy (non-hydrogen) atoms. The number of hydrogen-bond donors (Lipinski definition) is 1. The molecule has 0 unspecified atom stereocenters. The Morgan fingerprint density at radius 1 is 1.00 bits per heavy atom. The molecular weight excluding hydrogens is 204 g/mol. The van der Waals surface area contributed by atoms with Crippen LogP contribution in [-0.4, -0.2) is 22.3 Å². The number of hydrogen-bond acceptors (Lipinski definition) is 3. The van der Waals surface area contributed by atoms with Crippen molar-refractivity contribution in [2.75, 3.05) is 0 Å². The lowest BCUT2D eigenvalue weighted by atomic mass is 9.81. The number of rotatable bonds is 1. The van der Waals surface area contributed by atoms with Gasteiger partial charge in [0.15, 0.2) is 11.6 Å². The molecule has 1 N–H and O–H groups in total. The Morgan fingerprint density at radius 2 is 1.62 bits per heavy atom. The lowest BCUT2D eigenvalue weighted by Crippen LogP contribution is -2.35. The van der Waals surface area contributed by atoms with Crippen LogP contribution in [0.25, 0.3) is 0 Å². The Bertz CT molecular complexity index is 369. The number of carbonyl (C=O) groups excluding carboxylic acids is 2. The van der Waals surface area contributed by atoms with E-state index in [2.05, 4.69) is 0 Å². The van der Waals surface area contributed by atoms with Crippen LogP contribution in [-0.2, 0) is 9.59 Å². The Morgan fingerprint density at radius 3 is 2.25 bits per heavy atom. The van der Waals surface area contributed by atoms with Crippen molar-refractivity contribution in [2.45, 2.75) is 44.1 Å². The first-order valence-electron chi connectivity index (χ1n) is 5.83. The van der Waals surface area contributed by atoms with Crippen molar-refractivity contribution in [3.8, 4) is 0 Å². The molecule has 0 saturated heterocycles. The SMILES string of the molecule is O=C1C=CC(=O)C(C2(O)CCCCCC2)=C1. The van der Waals surface area contributed by atoms with Gasteiger partial charge in [0.05, 0.1) is 5.60 Å². The van der Waals surface area contributed by atoms with Crippen LogP contribution in [0.4, 0.5) is 0 Å². The van der Waals surface area contributed by atoms with Gasteiger partial charge in [0.25, 0.3) is 0 Å². The normalized spacial score (nSPS) is 25.2. The highest BCUT2D eigenvalue weighted by Gasteiger charge is 2.36. The predicted octanol–water partition coefficient (Wildman–Crippen LogP) is 1.71. The van der Waals surface area contributed by atoms with Gasteiger partial charge >= 0.3 is 0 Å². The average Bonchev–Trinajstić information content (AvgIpc) is 2.48. The van der Waals surface area contributed by atoms with Gasteiger partial charge < -0.3 is 5.11 Å². The lowest BCUT2D eigenvalue weighted by molar-refractivity contribution is -0.116. The summed E-state index contributed by atoms with van der Waals surface area (Å²) in [6.45, 7) is 0. The molecule has 2 rings (SSSR count). The molecule has 2 aliphatic carbocycles. The van der Waals surface area contributed by atoms with E-state index >= 15 is 0 Å². The van der Waals surface area contributed by atoms with Gasteiger partial charge in [0, 0.05) is 5.57 Å². The minimum absolute atomic E-state index is 0.202. The second-order valence-corrected chi connectivity index (χ2v) is 4.60. The first-order valence-corrected chi connectivity index (χ1v) is 5.83. The van der Waals surface area contributed by atoms with E-state index in [4.69, 9.17) is 0 Å². The number of allylic oxidation sites excluding steroid dienone is 3. The van der Waals surface area contributed by atoms with Crippen molar-refractivity contribution >= 4 is 11.6 Å². The molecule has 3 heteroatoms. The van der Waals surface area contributed by atoms with Crippen molar-refractivity contribution in [3.63, 3.8) is 0 Å². The van der Waals surface area contributed by atoms with Gasteiger partial charge in [-0.25, -0.2) is 0 Å². The van der Waals surface area contributed by atoms with Gasteiger partial charge in [-0.05, 0) is 31.1 Å². The Labute approximate surface area is 94.8 Å². The zero-order valence-electron chi connectivity index (χ0n) is 9.24. The van der Waals surface area contributed by atoms with Crippen LogP contribution in [0.2, 0.25) is 0 Å². The first kappa shape index (κ1) is 11.3. The quantitative estimate of drug-likeness (QED) is 0.540. The topological polar surface area (TPSA) is 54.4 Å². The number of carbonyl (C=O) groups is 2. The van der Waals surface area contributed by atoms with Gasteiger partial charge in [-0.15, -0.1) is 0 Å². The summed E-state index contributed by atoms with van der Waals surface area (Å²) in [6, 6.07) is 0. The summed E-state index contributed by atoms with van der Waals surface area (Å²) in [5.41, 5.74) is -0.782. The molecule has 1 saturated carbocycles. The maximum Gasteiger partial charge on any atom is 0.184 e. The average molecular weight is 220 g/mol. The van der Waals surface area contributed by atoms with Gasteiger partial charge in [-0.1, -0.05) is 25.7 Å². The highest BCUT2D eigenvalue weighted by atomic mass is 16.3. The summed E-state index contributed by atoms with van der Waals surface area (Å²) < 4.78 is 0. The van der Waals surface area contributed by atoms with E-state index in [0.29, 0.717) is 18.4 Å². The standard InChI is InChI=1S/C13H16O3/c14-10-5-6-12(15)11(9-10)13(16)7-3-1-2-4-8-13/h5-6,9,16H,1-4,7-8H2.